The number of carbonyl (C=O) groups is 1. The van der Waals surface area contributed by atoms with Crippen molar-refractivity contribution in [2.75, 3.05) is 4.90 Å². The molecule has 2 bridgehead atoms. The van der Waals surface area contributed by atoms with Crippen LogP contribution < -0.4 is 9.64 Å². The van der Waals surface area contributed by atoms with Gasteiger partial charge in [0.05, 0.1) is 18.3 Å². The molecule has 1 aliphatic carbocycles. The Labute approximate surface area is 216 Å². The number of aromatic nitrogens is 3. The Bertz CT molecular complexity index is 1310. The maximum atomic E-state index is 13.1. The van der Waals surface area contributed by atoms with Crippen molar-refractivity contribution in [2.45, 2.75) is 75.6 Å². The van der Waals surface area contributed by atoms with E-state index < -0.39 is 12.3 Å². The van der Waals surface area contributed by atoms with Crippen molar-refractivity contribution in [1.29, 1.82) is 0 Å². The molecule has 3 aromatic rings. The summed E-state index contributed by atoms with van der Waals surface area (Å²) in [7, 11) is 0. The number of fused-ring (bicyclic) bond motifs is 2. The minimum Gasteiger partial charge on any atom is -0.478 e. The minimum atomic E-state index is -4.78. The van der Waals surface area contributed by atoms with Crippen LogP contribution >= 0.6 is 0 Å². The van der Waals surface area contributed by atoms with Gasteiger partial charge in [0, 0.05) is 53.1 Å². The summed E-state index contributed by atoms with van der Waals surface area (Å²) in [6, 6.07) is 6.56. The number of benzene rings is 1. The Balaban J connectivity index is 1.19. The number of alkyl halides is 3. The molecule has 4 heterocycles. The number of aromatic amines is 1. The molecule has 1 aromatic carbocycles. The van der Waals surface area contributed by atoms with Crippen molar-refractivity contribution < 1.29 is 32.5 Å². The van der Waals surface area contributed by atoms with E-state index in [0.29, 0.717) is 29.6 Å². The van der Waals surface area contributed by atoms with Gasteiger partial charge in [-0.05, 0) is 50.5 Å². The molecule has 3 fully saturated rings. The van der Waals surface area contributed by atoms with Crippen LogP contribution in [0.4, 0.5) is 19.1 Å². The van der Waals surface area contributed by atoms with Crippen molar-refractivity contribution >= 4 is 11.9 Å². The van der Waals surface area contributed by atoms with Gasteiger partial charge in [-0.1, -0.05) is 18.2 Å². The van der Waals surface area contributed by atoms with Crippen molar-refractivity contribution in [3.05, 3.63) is 59.7 Å². The van der Waals surface area contributed by atoms with E-state index in [4.69, 9.17) is 9.84 Å². The number of ether oxygens (including phenoxy) is 2. The molecule has 200 valence electrons. The maximum absolute atomic E-state index is 13.1. The van der Waals surface area contributed by atoms with Gasteiger partial charge < -0.3 is 24.5 Å². The van der Waals surface area contributed by atoms with Crippen LogP contribution in [0.25, 0.3) is 11.1 Å². The van der Waals surface area contributed by atoms with E-state index in [1.807, 2.05) is 0 Å². The van der Waals surface area contributed by atoms with Crippen LogP contribution in [0.2, 0.25) is 0 Å². The Hall–Kier alpha value is -3.60. The molecule has 3 aliphatic rings. The van der Waals surface area contributed by atoms with E-state index in [1.54, 1.807) is 18.3 Å². The lowest BCUT2D eigenvalue weighted by molar-refractivity contribution is -0.274. The predicted octanol–water partition coefficient (Wildman–Crippen LogP) is 5.66. The van der Waals surface area contributed by atoms with E-state index in [9.17, 15) is 18.0 Å². The van der Waals surface area contributed by atoms with Gasteiger partial charge in [0.15, 0.2) is 0 Å². The summed E-state index contributed by atoms with van der Waals surface area (Å²) in [6.07, 6.45) is 5.19. The molecule has 2 aromatic heterocycles. The fourth-order valence-corrected chi connectivity index (χ4v) is 5.86. The van der Waals surface area contributed by atoms with Crippen LogP contribution in [0.15, 0.2) is 42.9 Å². The number of hydrogen-bond acceptors (Lipinski definition) is 6. The number of carboxylic acids is 1. The standard InChI is InChI=1S/C27H27F3N4O4/c28-27(29,30)38-23-4-2-1-3-20(23)21-13-31-24(15-5-6-15)22(21)14-37-19-9-17-7-8-18(10-19)34(17)26-32-11-16(12-33-26)25(35)36/h1-4,11-13,15,17-19,31H,5-10,14H2,(H,35,36). The number of carboxylic acid groups (broad SMARTS) is 1. The van der Waals surface area contributed by atoms with Crippen LogP contribution in [0.3, 0.4) is 0 Å². The van der Waals surface area contributed by atoms with Crippen molar-refractivity contribution in [1.82, 2.24) is 15.0 Å². The highest BCUT2D eigenvalue weighted by atomic mass is 19.4. The third kappa shape index (κ3) is 4.94. The number of piperidine rings is 1. The SMILES string of the molecule is O=C(O)c1cnc(N2C3CCC2CC(OCc2c(-c4ccccc4OC(F)(F)F)c[nH]c2C2CC2)C3)nc1. The van der Waals surface area contributed by atoms with Gasteiger partial charge in [-0.2, -0.15) is 0 Å². The fraction of sp³-hybridized carbons (Fsp3) is 0.444. The number of rotatable bonds is 8. The first-order chi connectivity index (χ1) is 18.3. The second kappa shape index (κ2) is 9.61. The molecular weight excluding hydrogens is 501 g/mol. The molecule has 6 rings (SSSR count). The lowest BCUT2D eigenvalue weighted by Gasteiger charge is -2.38. The summed E-state index contributed by atoms with van der Waals surface area (Å²) < 4.78 is 50.0. The average molecular weight is 529 g/mol. The van der Waals surface area contributed by atoms with Crippen molar-refractivity contribution in [3.8, 4) is 16.9 Å². The zero-order valence-corrected chi connectivity index (χ0v) is 20.4. The van der Waals surface area contributed by atoms with Crippen LogP contribution in [0.5, 0.6) is 5.75 Å². The molecule has 8 nitrogen and oxygen atoms in total. The number of anilines is 1. The average Bonchev–Trinajstić information content (AvgIpc) is 3.58. The molecule has 2 N–H and O–H groups in total. The monoisotopic (exact) mass is 528 g/mol. The minimum absolute atomic E-state index is 0.0153. The van der Waals surface area contributed by atoms with Crippen LogP contribution in [0.1, 0.15) is 66.1 Å². The van der Waals surface area contributed by atoms with E-state index in [-0.39, 0.29) is 29.5 Å². The van der Waals surface area contributed by atoms with Gasteiger partial charge in [-0.3, -0.25) is 0 Å². The van der Waals surface area contributed by atoms with Crippen molar-refractivity contribution in [2.24, 2.45) is 0 Å². The normalized spacial score (nSPS) is 23.0. The number of nitrogens with one attached hydrogen (secondary N) is 1. The van der Waals surface area contributed by atoms with Crippen LogP contribution in [-0.4, -0.2) is 50.6 Å². The summed E-state index contributed by atoms with van der Waals surface area (Å²) >= 11 is 0. The molecule has 2 unspecified atom stereocenters. The van der Waals surface area contributed by atoms with Crippen LogP contribution in [-0.2, 0) is 11.3 Å². The highest BCUT2D eigenvalue weighted by Crippen LogP contribution is 2.46. The smallest absolute Gasteiger partial charge is 0.478 e. The molecular formula is C27H27F3N4O4. The predicted molar refractivity (Wildman–Crippen MR) is 131 cm³/mol. The number of aromatic carboxylic acids is 1. The molecule has 2 atom stereocenters. The molecule has 38 heavy (non-hydrogen) atoms. The maximum Gasteiger partial charge on any atom is 0.573 e. The Morgan fingerprint density at radius 1 is 1.05 bits per heavy atom. The van der Waals surface area contributed by atoms with Gasteiger partial charge in [0.2, 0.25) is 5.95 Å². The summed E-state index contributed by atoms with van der Waals surface area (Å²) in [4.78, 5) is 25.2. The fourth-order valence-electron chi connectivity index (χ4n) is 5.86. The second-order valence-corrected chi connectivity index (χ2v) is 10.2. The number of hydrogen-bond donors (Lipinski definition) is 2. The van der Waals surface area contributed by atoms with E-state index >= 15 is 0 Å². The zero-order chi connectivity index (χ0) is 26.4. The van der Waals surface area contributed by atoms with E-state index in [1.165, 1.54) is 24.5 Å². The summed E-state index contributed by atoms with van der Waals surface area (Å²) in [5, 5.41) is 9.12. The highest BCUT2D eigenvalue weighted by Gasteiger charge is 2.43. The first-order valence-electron chi connectivity index (χ1n) is 12.8. The Kier molecular flexibility index (Phi) is 6.25. The van der Waals surface area contributed by atoms with E-state index in [2.05, 4.69) is 24.6 Å². The third-order valence-electron chi connectivity index (χ3n) is 7.68. The summed E-state index contributed by atoms with van der Waals surface area (Å²) in [5.74, 6) is -0.398. The zero-order valence-electron chi connectivity index (χ0n) is 20.4. The molecule has 0 radical (unpaired) electrons. The Morgan fingerprint density at radius 2 is 1.74 bits per heavy atom. The second-order valence-electron chi connectivity index (χ2n) is 10.2. The molecule has 1 saturated carbocycles. The number of para-hydroxylation sites is 1. The number of nitrogens with zero attached hydrogens (tertiary/aromatic N) is 3. The lowest BCUT2D eigenvalue weighted by Crippen LogP contribution is -2.46. The van der Waals surface area contributed by atoms with Crippen molar-refractivity contribution in [3.63, 3.8) is 0 Å². The highest BCUT2D eigenvalue weighted by molar-refractivity contribution is 5.86. The molecule has 0 spiro atoms. The Morgan fingerprint density at radius 3 is 2.37 bits per heavy atom. The summed E-state index contributed by atoms with van der Waals surface area (Å²) in [5.41, 5.74) is 3.00. The quantitative estimate of drug-likeness (QED) is 0.389. The summed E-state index contributed by atoms with van der Waals surface area (Å²) in [6.45, 7) is 0.291. The number of halogens is 3. The van der Waals surface area contributed by atoms with Gasteiger partial charge in [0.1, 0.15) is 5.75 Å². The number of H-pyrrole nitrogens is 1. The van der Waals surface area contributed by atoms with Gasteiger partial charge >= 0.3 is 12.3 Å². The van der Waals surface area contributed by atoms with Gasteiger partial charge in [-0.25, -0.2) is 14.8 Å². The van der Waals surface area contributed by atoms with Gasteiger partial charge in [0.25, 0.3) is 0 Å². The largest absolute Gasteiger partial charge is 0.573 e. The first kappa shape index (κ1) is 24.7. The topological polar surface area (TPSA) is 101 Å². The van der Waals surface area contributed by atoms with Crippen LogP contribution in [0, 0.1) is 0 Å². The third-order valence-corrected chi connectivity index (χ3v) is 7.68. The molecule has 11 heteroatoms. The van der Waals surface area contributed by atoms with Gasteiger partial charge in [-0.15, -0.1) is 13.2 Å². The van der Waals surface area contributed by atoms with E-state index in [0.717, 1.165) is 49.8 Å². The molecule has 0 amide bonds. The molecule has 2 saturated heterocycles. The first-order valence-corrected chi connectivity index (χ1v) is 12.8. The lowest BCUT2D eigenvalue weighted by atomic mass is 9.99. The molecule has 2 aliphatic heterocycles.